The van der Waals surface area contributed by atoms with Gasteiger partial charge in [0.15, 0.2) is 0 Å². The van der Waals surface area contributed by atoms with Gasteiger partial charge in [-0.2, -0.15) is 0 Å². The first-order valence-electron chi connectivity index (χ1n) is 7.86. The Hall–Kier alpha value is -0.910. The number of hydrogen-bond acceptors (Lipinski definition) is 4. The van der Waals surface area contributed by atoms with Gasteiger partial charge in [0.2, 0.25) is 5.91 Å². The standard InChI is InChI=1S/C16H27N3OS/c1-12(2)15(19-7-4-5-8-19)10-17-11-16-14(6-9-21-16)18-13(3)20/h6,9,12,15,17H,4-5,7-8,10-11H2,1-3H3,(H,18,20). The second-order valence-electron chi connectivity index (χ2n) is 6.12. The van der Waals surface area contributed by atoms with E-state index in [2.05, 4.69) is 29.4 Å². The molecule has 1 aromatic rings. The molecule has 2 heterocycles. The lowest BCUT2D eigenvalue weighted by Gasteiger charge is -2.31. The number of thiophene rings is 1. The molecule has 21 heavy (non-hydrogen) atoms. The number of hydrogen-bond donors (Lipinski definition) is 2. The van der Waals surface area contributed by atoms with E-state index in [0.717, 1.165) is 18.8 Å². The minimum Gasteiger partial charge on any atom is -0.325 e. The monoisotopic (exact) mass is 309 g/mol. The number of carbonyl (C=O) groups excluding carboxylic acids is 1. The van der Waals surface area contributed by atoms with Gasteiger partial charge in [-0.15, -0.1) is 11.3 Å². The van der Waals surface area contributed by atoms with Crippen molar-refractivity contribution in [1.82, 2.24) is 10.2 Å². The van der Waals surface area contributed by atoms with Crippen molar-refractivity contribution < 1.29 is 4.79 Å². The topological polar surface area (TPSA) is 44.4 Å². The maximum atomic E-state index is 11.2. The molecular weight excluding hydrogens is 282 g/mol. The zero-order valence-electron chi connectivity index (χ0n) is 13.3. The summed E-state index contributed by atoms with van der Waals surface area (Å²) < 4.78 is 0. The fraction of sp³-hybridized carbons (Fsp3) is 0.688. The predicted molar refractivity (Wildman–Crippen MR) is 89.8 cm³/mol. The molecule has 1 aromatic heterocycles. The molecule has 1 unspecified atom stereocenters. The molecule has 0 aliphatic carbocycles. The Morgan fingerprint density at radius 1 is 1.38 bits per heavy atom. The molecule has 1 amide bonds. The SMILES string of the molecule is CC(=O)Nc1ccsc1CNCC(C(C)C)N1CCCC1. The second-order valence-corrected chi connectivity index (χ2v) is 7.12. The highest BCUT2D eigenvalue weighted by Crippen LogP contribution is 2.22. The van der Waals surface area contributed by atoms with Gasteiger partial charge in [-0.05, 0) is 43.3 Å². The summed E-state index contributed by atoms with van der Waals surface area (Å²) in [5.41, 5.74) is 0.947. The molecule has 0 aromatic carbocycles. The molecule has 1 aliphatic heterocycles. The first-order valence-corrected chi connectivity index (χ1v) is 8.74. The van der Waals surface area contributed by atoms with Gasteiger partial charge in [-0.25, -0.2) is 0 Å². The van der Waals surface area contributed by atoms with E-state index < -0.39 is 0 Å². The second kappa shape index (κ2) is 7.92. The Morgan fingerprint density at radius 2 is 2.10 bits per heavy atom. The fourth-order valence-electron chi connectivity index (χ4n) is 2.97. The van der Waals surface area contributed by atoms with E-state index in [9.17, 15) is 4.79 Å². The van der Waals surface area contributed by atoms with Crippen LogP contribution in [0.3, 0.4) is 0 Å². The van der Waals surface area contributed by atoms with Crippen molar-refractivity contribution in [2.75, 3.05) is 25.0 Å². The number of likely N-dealkylation sites (tertiary alicyclic amines) is 1. The summed E-state index contributed by atoms with van der Waals surface area (Å²) in [4.78, 5) is 15.0. The lowest BCUT2D eigenvalue weighted by molar-refractivity contribution is -0.114. The molecule has 118 valence electrons. The highest BCUT2D eigenvalue weighted by atomic mass is 32.1. The zero-order chi connectivity index (χ0) is 15.2. The van der Waals surface area contributed by atoms with Crippen molar-refractivity contribution >= 4 is 22.9 Å². The van der Waals surface area contributed by atoms with Crippen LogP contribution in [0.4, 0.5) is 5.69 Å². The smallest absolute Gasteiger partial charge is 0.221 e. The molecule has 1 saturated heterocycles. The Balaban J connectivity index is 1.84. The highest BCUT2D eigenvalue weighted by Gasteiger charge is 2.24. The van der Waals surface area contributed by atoms with E-state index in [0.29, 0.717) is 12.0 Å². The molecule has 0 bridgehead atoms. The molecule has 1 fully saturated rings. The number of carbonyl (C=O) groups is 1. The van der Waals surface area contributed by atoms with Crippen molar-refractivity contribution in [3.8, 4) is 0 Å². The van der Waals surface area contributed by atoms with Crippen LogP contribution in [-0.2, 0) is 11.3 Å². The molecular formula is C16H27N3OS. The molecule has 0 radical (unpaired) electrons. The average molecular weight is 309 g/mol. The lowest BCUT2D eigenvalue weighted by Crippen LogP contribution is -2.44. The van der Waals surface area contributed by atoms with E-state index >= 15 is 0 Å². The summed E-state index contributed by atoms with van der Waals surface area (Å²) >= 11 is 1.69. The molecule has 1 aliphatic rings. The Labute approximate surface area is 131 Å². The third-order valence-electron chi connectivity index (χ3n) is 4.07. The third kappa shape index (κ3) is 4.80. The largest absolute Gasteiger partial charge is 0.325 e. The molecule has 5 heteroatoms. The van der Waals surface area contributed by atoms with Crippen LogP contribution in [0.15, 0.2) is 11.4 Å². The molecule has 4 nitrogen and oxygen atoms in total. The molecule has 0 spiro atoms. The van der Waals surface area contributed by atoms with E-state index in [1.54, 1.807) is 18.3 Å². The van der Waals surface area contributed by atoms with Crippen molar-refractivity contribution in [2.45, 2.75) is 46.2 Å². The summed E-state index contributed by atoms with van der Waals surface area (Å²) in [6.07, 6.45) is 2.67. The van der Waals surface area contributed by atoms with Gasteiger partial charge in [-0.1, -0.05) is 13.8 Å². The summed E-state index contributed by atoms with van der Waals surface area (Å²) in [6.45, 7) is 10.5. The van der Waals surface area contributed by atoms with Crippen molar-refractivity contribution in [3.63, 3.8) is 0 Å². The number of rotatable bonds is 7. The quantitative estimate of drug-likeness (QED) is 0.814. The van der Waals surface area contributed by atoms with Crippen LogP contribution in [0.25, 0.3) is 0 Å². The summed E-state index contributed by atoms with van der Waals surface area (Å²) in [5.74, 6) is 0.653. The van der Waals surface area contributed by atoms with Gasteiger partial charge in [0.1, 0.15) is 0 Å². The van der Waals surface area contributed by atoms with E-state index in [1.165, 1.54) is 30.8 Å². The van der Waals surface area contributed by atoms with Crippen LogP contribution < -0.4 is 10.6 Å². The highest BCUT2D eigenvalue weighted by molar-refractivity contribution is 7.10. The van der Waals surface area contributed by atoms with Crippen molar-refractivity contribution in [2.24, 2.45) is 5.92 Å². The maximum Gasteiger partial charge on any atom is 0.221 e. The number of anilines is 1. The molecule has 1 atom stereocenters. The lowest BCUT2D eigenvalue weighted by atomic mass is 10.0. The number of nitrogens with one attached hydrogen (secondary N) is 2. The Kier molecular flexibility index (Phi) is 6.21. The predicted octanol–water partition coefficient (Wildman–Crippen LogP) is 2.92. The average Bonchev–Trinajstić information content (AvgIpc) is 3.05. The van der Waals surface area contributed by atoms with Crippen molar-refractivity contribution in [3.05, 3.63) is 16.3 Å². The van der Waals surface area contributed by atoms with Gasteiger partial charge in [0.25, 0.3) is 0 Å². The summed E-state index contributed by atoms with van der Waals surface area (Å²) in [5, 5.41) is 8.50. The number of nitrogens with zero attached hydrogens (tertiary/aromatic N) is 1. The zero-order valence-corrected chi connectivity index (χ0v) is 14.1. The van der Waals surface area contributed by atoms with Crippen molar-refractivity contribution in [1.29, 1.82) is 0 Å². The summed E-state index contributed by atoms with van der Waals surface area (Å²) in [6, 6.07) is 2.58. The Morgan fingerprint density at radius 3 is 2.71 bits per heavy atom. The fourth-order valence-corrected chi connectivity index (χ4v) is 3.77. The first kappa shape index (κ1) is 16.5. The van der Waals surface area contributed by atoms with Crippen LogP contribution >= 0.6 is 11.3 Å². The van der Waals surface area contributed by atoms with Crippen LogP contribution in [0.2, 0.25) is 0 Å². The number of amides is 1. The summed E-state index contributed by atoms with van der Waals surface area (Å²) in [7, 11) is 0. The molecule has 2 N–H and O–H groups in total. The maximum absolute atomic E-state index is 11.2. The van der Waals surface area contributed by atoms with E-state index in [4.69, 9.17) is 0 Å². The minimum atomic E-state index is -0.00762. The molecule has 0 saturated carbocycles. The third-order valence-corrected chi connectivity index (χ3v) is 5.00. The van der Waals surface area contributed by atoms with Crippen LogP contribution in [0, 0.1) is 5.92 Å². The van der Waals surface area contributed by atoms with Crippen LogP contribution in [-0.4, -0.2) is 36.5 Å². The van der Waals surface area contributed by atoms with E-state index in [-0.39, 0.29) is 5.91 Å². The van der Waals surface area contributed by atoms with Crippen LogP contribution in [0.1, 0.15) is 38.5 Å². The van der Waals surface area contributed by atoms with Gasteiger partial charge >= 0.3 is 0 Å². The van der Waals surface area contributed by atoms with Crippen LogP contribution in [0.5, 0.6) is 0 Å². The molecule has 2 rings (SSSR count). The normalized spacial score (nSPS) is 17.3. The van der Waals surface area contributed by atoms with E-state index in [1.807, 2.05) is 11.4 Å². The van der Waals surface area contributed by atoms with Gasteiger partial charge in [0.05, 0.1) is 5.69 Å². The van der Waals surface area contributed by atoms with Gasteiger partial charge in [0, 0.05) is 30.9 Å². The first-order chi connectivity index (χ1) is 10.1. The van der Waals surface area contributed by atoms with Gasteiger partial charge < -0.3 is 10.6 Å². The Bertz CT molecular complexity index is 452. The minimum absolute atomic E-state index is 0.00762. The van der Waals surface area contributed by atoms with Gasteiger partial charge in [-0.3, -0.25) is 9.69 Å².